The van der Waals surface area contributed by atoms with Crippen LogP contribution in [0.15, 0.2) is 0 Å². The van der Waals surface area contributed by atoms with Crippen LogP contribution in [0.1, 0.15) is 25.7 Å². The lowest BCUT2D eigenvalue weighted by Crippen LogP contribution is -2.33. The lowest BCUT2D eigenvalue weighted by atomic mass is 9.81. The first-order valence-corrected chi connectivity index (χ1v) is 4.90. The molecule has 0 aromatic rings. The third-order valence-electron chi connectivity index (χ3n) is 3.17. The van der Waals surface area contributed by atoms with Gasteiger partial charge in [-0.1, -0.05) is 12.8 Å². The van der Waals surface area contributed by atoms with Crippen molar-refractivity contribution in [1.29, 1.82) is 0 Å². The van der Waals surface area contributed by atoms with E-state index in [0.717, 1.165) is 13.0 Å². The molecule has 2 fully saturated rings. The van der Waals surface area contributed by atoms with Gasteiger partial charge < -0.3 is 9.84 Å². The van der Waals surface area contributed by atoms with Gasteiger partial charge in [0.15, 0.2) is 6.23 Å². The summed E-state index contributed by atoms with van der Waals surface area (Å²) in [5, 5.41) is 11.6. The Morgan fingerprint density at radius 2 is 2.15 bits per heavy atom. The second-order valence-electron chi connectivity index (χ2n) is 3.92. The van der Waals surface area contributed by atoms with Crippen molar-refractivity contribution in [3.05, 3.63) is 0 Å². The monoisotopic (exact) mass is 185 g/mol. The molecule has 74 valence electrons. The van der Waals surface area contributed by atoms with Gasteiger partial charge in [0.25, 0.3) is 0 Å². The van der Waals surface area contributed by atoms with E-state index in [0.29, 0.717) is 11.8 Å². The number of hydrogen-bond donors (Lipinski definition) is 2. The highest BCUT2D eigenvalue weighted by atomic mass is 16.7. The van der Waals surface area contributed by atoms with Crippen LogP contribution < -0.4 is 5.32 Å². The van der Waals surface area contributed by atoms with Crippen LogP contribution in [0.25, 0.3) is 0 Å². The van der Waals surface area contributed by atoms with Gasteiger partial charge in [-0.25, -0.2) is 4.79 Å². The van der Waals surface area contributed by atoms with Crippen LogP contribution in [0.2, 0.25) is 0 Å². The number of fused-ring (bicyclic) bond motifs is 1. The number of hydrogen-bond acceptors (Lipinski definition) is 3. The standard InChI is InChI=1S/C9H15NO3/c11-9(12)13-8-7-4-2-1-3-6(7)5-10-8/h6-8,10H,1-5H2,(H,11,12)/t6-,7?,8+/m0/s1. The molecule has 1 saturated heterocycles. The topological polar surface area (TPSA) is 58.6 Å². The van der Waals surface area contributed by atoms with E-state index >= 15 is 0 Å². The molecule has 0 aromatic carbocycles. The highest BCUT2D eigenvalue weighted by molar-refractivity contribution is 5.57. The third kappa shape index (κ3) is 1.77. The van der Waals surface area contributed by atoms with Gasteiger partial charge in [-0.15, -0.1) is 0 Å². The summed E-state index contributed by atoms with van der Waals surface area (Å²) in [4.78, 5) is 10.4. The zero-order valence-corrected chi connectivity index (χ0v) is 7.53. The summed E-state index contributed by atoms with van der Waals surface area (Å²) in [6, 6.07) is 0. The number of rotatable bonds is 1. The van der Waals surface area contributed by atoms with E-state index in [9.17, 15) is 4.79 Å². The normalized spacial score (nSPS) is 38.3. The number of carboxylic acid groups (broad SMARTS) is 1. The van der Waals surface area contributed by atoms with Crippen molar-refractivity contribution in [2.45, 2.75) is 31.9 Å². The first-order valence-electron chi connectivity index (χ1n) is 4.90. The van der Waals surface area contributed by atoms with E-state index in [1.54, 1.807) is 0 Å². The van der Waals surface area contributed by atoms with Gasteiger partial charge in [0, 0.05) is 12.5 Å². The second kappa shape index (κ2) is 3.54. The molecule has 2 N–H and O–H groups in total. The zero-order valence-electron chi connectivity index (χ0n) is 7.53. The maximum Gasteiger partial charge on any atom is 0.507 e. The van der Waals surface area contributed by atoms with Gasteiger partial charge >= 0.3 is 6.16 Å². The van der Waals surface area contributed by atoms with Crippen LogP contribution in [-0.2, 0) is 4.74 Å². The van der Waals surface area contributed by atoms with Gasteiger partial charge in [0.1, 0.15) is 0 Å². The van der Waals surface area contributed by atoms with Crippen LogP contribution in [0, 0.1) is 11.8 Å². The molecule has 0 radical (unpaired) electrons. The molecule has 1 heterocycles. The summed E-state index contributed by atoms with van der Waals surface area (Å²) in [6.07, 6.45) is 3.41. The molecule has 2 aliphatic rings. The van der Waals surface area contributed by atoms with Gasteiger partial charge in [-0.2, -0.15) is 0 Å². The largest absolute Gasteiger partial charge is 0.507 e. The summed E-state index contributed by atoms with van der Waals surface area (Å²) < 4.78 is 4.79. The maximum absolute atomic E-state index is 10.4. The van der Waals surface area contributed by atoms with Crippen LogP contribution >= 0.6 is 0 Å². The fourth-order valence-electron chi connectivity index (χ4n) is 2.54. The Morgan fingerprint density at radius 1 is 1.38 bits per heavy atom. The van der Waals surface area contributed by atoms with Crippen molar-refractivity contribution in [3.8, 4) is 0 Å². The van der Waals surface area contributed by atoms with Crippen molar-refractivity contribution in [2.75, 3.05) is 6.54 Å². The summed E-state index contributed by atoms with van der Waals surface area (Å²) >= 11 is 0. The second-order valence-corrected chi connectivity index (χ2v) is 3.92. The summed E-state index contributed by atoms with van der Waals surface area (Å²) in [6.45, 7) is 0.919. The first kappa shape index (κ1) is 8.81. The van der Waals surface area contributed by atoms with E-state index < -0.39 is 6.16 Å². The van der Waals surface area contributed by atoms with E-state index in [4.69, 9.17) is 9.84 Å². The molecule has 2 rings (SSSR count). The minimum absolute atomic E-state index is 0.247. The molecule has 3 atom stereocenters. The maximum atomic E-state index is 10.4. The summed E-state index contributed by atoms with van der Waals surface area (Å²) in [5.74, 6) is 1.06. The number of ether oxygens (including phenoxy) is 1. The molecule has 4 heteroatoms. The van der Waals surface area contributed by atoms with Crippen molar-refractivity contribution >= 4 is 6.16 Å². The average Bonchev–Trinajstić information content (AvgIpc) is 2.48. The van der Waals surface area contributed by atoms with E-state index in [-0.39, 0.29) is 6.23 Å². The smallest absolute Gasteiger partial charge is 0.450 e. The predicted octanol–water partition coefficient (Wildman–Crippen LogP) is 1.42. The minimum atomic E-state index is -1.16. The molecular weight excluding hydrogens is 170 g/mol. The Bertz CT molecular complexity index is 207. The van der Waals surface area contributed by atoms with Crippen molar-refractivity contribution in [1.82, 2.24) is 5.32 Å². The first-order chi connectivity index (χ1) is 6.27. The van der Waals surface area contributed by atoms with Crippen LogP contribution in [0.5, 0.6) is 0 Å². The molecule has 0 bridgehead atoms. The number of carbonyl (C=O) groups is 1. The average molecular weight is 185 g/mol. The van der Waals surface area contributed by atoms with E-state index in [2.05, 4.69) is 5.32 Å². The molecule has 1 aliphatic carbocycles. The van der Waals surface area contributed by atoms with Crippen LogP contribution in [0.3, 0.4) is 0 Å². The Hall–Kier alpha value is -0.770. The van der Waals surface area contributed by atoms with Gasteiger partial charge in [-0.05, 0) is 18.8 Å². The molecule has 13 heavy (non-hydrogen) atoms. The molecule has 1 aliphatic heterocycles. The fourth-order valence-corrected chi connectivity index (χ4v) is 2.54. The highest BCUT2D eigenvalue weighted by Crippen LogP contribution is 2.36. The zero-order chi connectivity index (χ0) is 9.26. The van der Waals surface area contributed by atoms with E-state index in [1.807, 2.05) is 0 Å². The molecular formula is C9H15NO3. The van der Waals surface area contributed by atoms with Gasteiger partial charge in [0.2, 0.25) is 0 Å². The van der Waals surface area contributed by atoms with Crippen molar-refractivity contribution in [2.24, 2.45) is 11.8 Å². The third-order valence-corrected chi connectivity index (χ3v) is 3.17. The molecule has 0 aromatic heterocycles. The predicted molar refractivity (Wildman–Crippen MR) is 46.3 cm³/mol. The fraction of sp³-hybridized carbons (Fsp3) is 0.889. The molecule has 1 unspecified atom stereocenters. The summed E-state index contributed by atoms with van der Waals surface area (Å²) in [5.41, 5.74) is 0. The van der Waals surface area contributed by atoms with Crippen LogP contribution in [-0.4, -0.2) is 24.0 Å². The molecule has 1 saturated carbocycles. The van der Waals surface area contributed by atoms with Gasteiger partial charge in [0.05, 0.1) is 0 Å². The number of nitrogens with one attached hydrogen (secondary N) is 1. The van der Waals surface area contributed by atoms with Crippen molar-refractivity contribution < 1.29 is 14.6 Å². The Balaban J connectivity index is 1.94. The van der Waals surface area contributed by atoms with Crippen LogP contribution in [0.4, 0.5) is 4.79 Å². The Kier molecular flexibility index (Phi) is 2.40. The highest BCUT2D eigenvalue weighted by Gasteiger charge is 2.39. The Labute approximate surface area is 77.3 Å². The summed E-state index contributed by atoms with van der Waals surface area (Å²) in [7, 11) is 0. The Morgan fingerprint density at radius 3 is 2.92 bits per heavy atom. The van der Waals surface area contributed by atoms with E-state index in [1.165, 1.54) is 19.3 Å². The minimum Gasteiger partial charge on any atom is -0.450 e. The molecule has 4 nitrogen and oxygen atoms in total. The lowest BCUT2D eigenvalue weighted by Gasteiger charge is -2.26. The molecule has 0 amide bonds. The SMILES string of the molecule is O=C(O)O[C@H]1NC[C@@H]2CCCCC21. The van der Waals surface area contributed by atoms with Gasteiger partial charge in [-0.3, -0.25) is 5.32 Å². The molecule has 0 spiro atoms. The quantitative estimate of drug-likeness (QED) is 0.606. The van der Waals surface area contributed by atoms with Crippen molar-refractivity contribution in [3.63, 3.8) is 0 Å². The lowest BCUT2D eigenvalue weighted by molar-refractivity contribution is 0.0140.